The van der Waals surface area contributed by atoms with E-state index in [1.165, 1.54) is 24.5 Å². The fourth-order valence-corrected chi connectivity index (χ4v) is 3.85. The van der Waals surface area contributed by atoms with E-state index >= 15 is 0 Å². The van der Waals surface area contributed by atoms with Crippen molar-refractivity contribution in [2.75, 3.05) is 26.2 Å². The van der Waals surface area contributed by atoms with Crippen molar-refractivity contribution in [3.63, 3.8) is 0 Å². The summed E-state index contributed by atoms with van der Waals surface area (Å²) in [5.74, 6) is 0.401. The molecular weight excluding hydrogens is 423 g/mol. The highest BCUT2D eigenvalue weighted by Crippen LogP contribution is 2.17. The number of amides is 1. The van der Waals surface area contributed by atoms with Crippen LogP contribution in [0.1, 0.15) is 32.8 Å². The van der Waals surface area contributed by atoms with Crippen molar-refractivity contribution in [2.45, 2.75) is 27.0 Å². The van der Waals surface area contributed by atoms with Crippen LogP contribution < -0.4 is 10.2 Å². The summed E-state index contributed by atoms with van der Waals surface area (Å²) < 4.78 is 24.1. The van der Waals surface area contributed by atoms with E-state index in [1.54, 1.807) is 12.1 Å². The monoisotopic (exact) mass is 450 g/mol. The van der Waals surface area contributed by atoms with Crippen LogP contribution in [0.4, 0.5) is 4.39 Å². The lowest BCUT2D eigenvalue weighted by molar-refractivity contribution is 0.0618. The first-order valence-corrected chi connectivity index (χ1v) is 11.0. The number of rotatable bonds is 6. The predicted molar refractivity (Wildman–Crippen MR) is 123 cm³/mol. The van der Waals surface area contributed by atoms with E-state index in [0.717, 1.165) is 22.3 Å². The maximum absolute atomic E-state index is 13.0. The van der Waals surface area contributed by atoms with Gasteiger partial charge in [0, 0.05) is 37.8 Å². The molecule has 33 heavy (non-hydrogen) atoms. The number of piperazine rings is 1. The first-order chi connectivity index (χ1) is 15.9. The Morgan fingerprint density at radius 3 is 2.48 bits per heavy atom. The fourth-order valence-electron chi connectivity index (χ4n) is 3.85. The molecule has 2 aromatic carbocycles. The Balaban J connectivity index is 1.30. The second-order valence-corrected chi connectivity index (χ2v) is 8.31. The van der Waals surface area contributed by atoms with E-state index in [9.17, 15) is 14.0 Å². The van der Waals surface area contributed by atoms with Gasteiger partial charge >= 0.3 is 0 Å². The quantitative estimate of drug-likeness (QED) is 0.570. The zero-order chi connectivity index (χ0) is 23.4. The summed E-state index contributed by atoms with van der Waals surface area (Å²) in [6, 6.07) is 13.2. The normalized spacial score (nSPS) is 14.3. The number of halogens is 1. The van der Waals surface area contributed by atoms with Gasteiger partial charge in [-0.15, -0.1) is 0 Å². The van der Waals surface area contributed by atoms with Crippen LogP contribution in [0.15, 0.2) is 64.0 Å². The number of hydrogen-bond acceptors (Lipinski definition) is 5. The molecule has 0 spiro atoms. The Bertz CT molecular complexity index is 1180. The minimum absolute atomic E-state index is 0.0602. The average Bonchev–Trinajstić information content (AvgIpc) is 2.81. The summed E-state index contributed by atoms with van der Waals surface area (Å²) >= 11 is 0. The Kier molecular flexibility index (Phi) is 6.89. The highest BCUT2D eigenvalue weighted by Gasteiger charge is 2.24. The molecular formula is C26H27FN2O4. The van der Waals surface area contributed by atoms with Crippen molar-refractivity contribution in [1.82, 2.24) is 9.80 Å². The van der Waals surface area contributed by atoms with Gasteiger partial charge in [0.2, 0.25) is 11.2 Å². The first-order valence-electron chi connectivity index (χ1n) is 11.0. The summed E-state index contributed by atoms with van der Waals surface area (Å²) in [7, 11) is 0. The summed E-state index contributed by atoms with van der Waals surface area (Å²) in [5.41, 5.74) is 3.38. The lowest BCUT2D eigenvalue weighted by Crippen LogP contribution is -2.48. The molecule has 0 bridgehead atoms. The minimum atomic E-state index is -0.321. The summed E-state index contributed by atoms with van der Waals surface area (Å²) in [6.07, 6.45) is 1.32. The van der Waals surface area contributed by atoms with E-state index in [1.807, 2.05) is 36.9 Å². The van der Waals surface area contributed by atoms with E-state index in [0.29, 0.717) is 38.5 Å². The largest absolute Gasteiger partial charge is 0.482 e. The molecule has 0 saturated carbocycles. The van der Waals surface area contributed by atoms with Crippen LogP contribution in [-0.4, -0.2) is 41.9 Å². The van der Waals surface area contributed by atoms with E-state index in [4.69, 9.17) is 9.15 Å². The molecule has 1 aliphatic heterocycles. The van der Waals surface area contributed by atoms with Gasteiger partial charge in [0.25, 0.3) is 5.91 Å². The number of hydrogen-bond donors (Lipinski definition) is 0. The van der Waals surface area contributed by atoms with Crippen molar-refractivity contribution in [3.8, 4) is 5.75 Å². The van der Waals surface area contributed by atoms with Crippen LogP contribution in [0, 0.1) is 19.7 Å². The van der Waals surface area contributed by atoms with Crippen molar-refractivity contribution in [1.29, 1.82) is 0 Å². The van der Waals surface area contributed by atoms with Crippen LogP contribution >= 0.6 is 0 Å². The Morgan fingerprint density at radius 2 is 1.79 bits per heavy atom. The summed E-state index contributed by atoms with van der Waals surface area (Å²) in [4.78, 5) is 29.3. The van der Waals surface area contributed by atoms with Gasteiger partial charge in [0.1, 0.15) is 24.4 Å². The maximum atomic E-state index is 13.0. The third-order valence-electron chi connectivity index (χ3n) is 6.03. The van der Waals surface area contributed by atoms with Gasteiger partial charge in [-0.3, -0.25) is 14.5 Å². The van der Waals surface area contributed by atoms with Crippen molar-refractivity contribution < 1.29 is 18.3 Å². The van der Waals surface area contributed by atoms with Crippen molar-refractivity contribution in [2.24, 2.45) is 0 Å². The predicted octanol–water partition coefficient (Wildman–Crippen LogP) is 3.93. The molecule has 3 aromatic rings. The average molecular weight is 451 g/mol. The first kappa shape index (κ1) is 22.7. The number of ether oxygens (including phenoxy) is 1. The molecule has 1 fully saturated rings. The molecule has 1 amide bonds. The van der Waals surface area contributed by atoms with E-state index in [-0.39, 0.29) is 29.5 Å². The second-order valence-electron chi connectivity index (χ2n) is 8.31. The van der Waals surface area contributed by atoms with Crippen LogP contribution in [0.25, 0.3) is 0 Å². The van der Waals surface area contributed by atoms with Gasteiger partial charge in [-0.1, -0.05) is 24.3 Å². The van der Waals surface area contributed by atoms with Crippen LogP contribution in [0.3, 0.4) is 0 Å². The molecule has 0 aliphatic carbocycles. The lowest BCUT2D eigenvalue weighted by atomic mass is 10.0. The molecule has 0 atom stereocenters. The summed E-state index contributed by atoms with van der Waals surface area (Å²) in [6.45, 7) is 7.27. The van der Waals surface area contributed by atoms with Crippen LogP contribution in [0.5, 0.6) is 5.75 Å². The number of carbonyl (C=O) groups is 1. The van der Waals surface area contributed by atoms with Gasteiger partial charge in [-0.05, 0) is 48.7 Å². The molecule has 7 heteroatoms. The molecule has 0 N–H and O–H groups in total. The standard InChI is InChI=1S/C26H27FN2O4/c1-18-4-3-5-23(19(18)2)26(31)29-12-10-28(11-13-29)15-22-14-24(30)25(17-32-22)33-16-20-6-8-21(27)9-7-20/h3-9,14,17H,10-13,15-16H2,1-2H3. The molecule has 1 aromatic heterocycles. The third-order valence-corrected chi connectivity index (χ3v) is 6.03. The van der Waals surface area contributed by atoms with Gasteiger partial charge in [-0.2, -0.15) is 0 Å². The van der Waals surface area contributed by atoms with Crippen molar-refractivity contribution >= 4 is 5.91 Å². The number of nitrogens with zero attached hydrogens (tertiary/aromatic N) is 2. The van der Waals surface area contributed by atoms with Gasteiger partial charge in [-0.25, -0.2) is 4.39 Å². The number of benzene rings is 2. The zero-order valence-corrected chi connectivity index (χ0v) is 18.8. The topological polar surface area (TPSA) is 63.0 Å². The zero-order valence-electron chi connectivity index (χ0n) is 18.8. The second kappa shape index (κ2) is 10.0. The molecule has 172 valence electrons. The van der Waals surface area contributed by atoms with Gasteiger partial charge < -0.3 is 14.1 Å². The minimum Gasteiger partial charge on any atom is -0.482 e. The molecule has 1 saturated heterocycles. The molecule has 1 aliphatic rings. The SMILES string of the molecule is Cc1cccc(C(=O)N2CCN(Cc3cc(=O)c(OCc4ccc(F)cc4)co3)CC2)c1C. The lowest BCUT2D eigenvalue weighted by Gasteiger charge is -2.34. The summed E-state index contributed by atoms with van der Waals surface area (Å²) in [5, 5.41) is 0. The molecule has 0 radical (unpaired) electrons. The Hall–Kier alpha value is -3.45. The van der Waals surface area contributed by atoms with Crippen molar-refractivity contribution in [3.05, 3.63) is 98.8 Å². The van der Waals surface area contributed by atoms with Gasteiger partial charge in [0.05, 0.1) is 6.54 Å². The maximum Gasteiger partial charge on any atom is 0.254 e. The highest BCUT2D eigenvalue weighted by molar-refractivity contribution is 5.96. The smallest absolute Gasteiger partial charge is 0.254 e. The van der Waals surface area contributed by atoms with Gasteiger partial charge in [0.15, 0.2) is 0 Å². The third kappa shape index (κ3) is 5.49. The van der Waals surface area contributed by atoms with E-state index in [2.05, 4.69) is 4.90 Å². The van der Waals surface area contributed by atoms with Crippen LogP contribution in [-0.2, 0) is 13.2 Å². The Morgan fingerprint density at radius 1 is 1.06 bits per heavy atom. The molecule has 0 unspecified atom stereocenters. The molecule has 6 nitrogen and oxygen atoms in total. The Labute approximate surface area is 192 Å². The number of carbonyl (C=O) groups excluding carboxylic acids is 1. The van der Waals surface area contributed by atoms with Crippen LogP contribution in [0.2, 0.25) is 0 Å². The molecule has 4 rings (SSSR count). The van der Waals surface area contributed by atoms with E-state index < -0.39 is 0 Å². The fraction of sp³-hybridized carbons (Fsp3) is 0.308. The molecule has 2 heterocycles. The number of aryl methyl sites for hydroxylation is 1. The highest BCUT2D eigenvalue weighted by atomic mass is 19.1.